The second-order valence-electron chi connectivity index (χ2n) is 7.30. The first kappa shape index (κ1) is 19.8. The van der Waals surface area contributed by atoms with E-state index in [0.717, 1.165) is 4.90 Å². The minimum Gasteiger partial charge on any atom is -0.467 e. The highest BCUT2D eigenvalue weighted by atomic mass is 16.7. The maximum Gasteiger partial charge on any atom is 0.325 e. The Balaban J connectivity index is 1.72. The van der Waals surface area contributed by atoms with E-state index in [9.17, 15) is 19.7 Å². The number of urea groups is 1. The van der Waals surface area contributed by atoms with Gasteiger partial charge in [0.2, 0.25) is 0 Å². The quantitative estimate of drug-likeness (QED) is 0.444. The normalized spacial score (nSPS) is 20.5. The minimum absolute atomic E-state index is 0.00173. The van der Waals surface area contributed by atoms with Crippen molar-refractivity contribution in [3.8, 4) is 5.75 Å². The van der Waals surface area contributed by atoms with Crippen LogP contribution in [0.15, 0.2) is 42.5 Å². The molecule has 4 rings (SSSR count). The number of carbonyl (C=O) groups is 2. The minimum atomic E-state index is -1.15. The molecular weight excluding hydrogens is 390 g/mol. The van der Waals surface area contributed by atoms with Crippen LogP contribution in [0.2, 0.25) is 0 Å². The fourth-order valence-electron chi connectivity index (χ4n) is 4.05. The molecule has 3 amide bonds. The first-order valence-electron chi connectivity index (χ1n) is 9.66. The van der Waals surface area contributed by atoms with E-state index in [0.29, 0.717) is 35.3 Å². The standard InChI is InChI=1S/C21H21N3O6/c1-2-8-21(16-6-4-3-5-7-16)19(25)23(20(26)22-21)11-14-9-17(24(27)28)10-15-12-29-13-30-18(14)15/h3-7,9-10H,2,8,11-13H2,1H3,(H,22,26). The Kier molecular flexibility index (Phi) is 5.13. The van der Waals surface area contributed by atoms with Gasteiger partial charge in [0.1, 0.15) is 11.3 Å². The molecule has 1 saturated heterocycles. The predicted molar refractivity (Wildman–Crippen MR) is 105 cm³/mol. The van der Waals surface area contributed by atoms with Gasteiger partial charge in [-0.3, -0.25) is 19.8 Å². The molecule has 1 fully saturated rings. The lowest BCUT2D eigenvalue weighted by molar-refractivity contribution is -0.385. The number of nitrogens with one attached hydrogen (secondary N) is 1. The topological polar surface area (TPSA) is 111 Å². The summed E-state index contributed by atoms with van der Waals surface area (Å²) in [5.41, 5.74) is 0.315. The molecule has 0 bridgehead atoms. The highest BCUT2D eigenvalue weighted by Gasteiger charge is 2.51. The van der Waals surface area contributed by atoms with E-state index < -0.39 is 16.5 Å². The van der Waals surface area contributed by atoms with Gasteiger partial charge in [-0.15, -0.1) is 0 Å². The van der Waals surface area contributed by atoms with Crippen LogP contribution in [0.4, 0.5) is 10.5 Å². The number of ether oxygens (including phenoxy) is 2. The van der Waals surface area contributed by atoms with E-state index in [2.05, 4.69) is 5.32 Å². The van der Waals surface area contributed by atoms with Crippen molar-refractivity contribution >= 4 is 17.6 Å². The summed E-state index contributed by atoms with van der Waals surface area (Å²) < 4.78 is 10.8. The third-order valence-electron chi connectivity index (χ3n) is 5.38. The molecule has 2 aromatic carbocycles. The van der Waals surface area contributed by atoms with Gasteiger partial charge in [0.15, 0.2) is 6.79 Å². The Morgan fingerprint density at radius 1 is 1.23 bits per heavy atom. The van der Waals surface area contributed by atoms with Gasteiger partial charge in [-0.25, -0.2) is 4.79 Å². The summed E-state index contributed by atoms with van der Waals surface area (Å²) >= 11 is 0. The Morgan fingerprint density at radius 3 is 2.70 bits per heavy atom. The average molecular weight is 411 g/mol. The van der Waals surface area contributed by atoms with E-state index in [1.54, 1.807) is 0 Å². The van der Waals surface area contributed by atoms with Gasteiger partial charge in [-0.2, -0.15) is 0 Å². The molecule has 2 aliphatic heterocycles. The molecule has 0 spiro atoms. The highest BCUT2D eigenvalue weighted by Crippen LogP contribution is 2.37. The molecule has 9 heteroatoms. The second kappa shape index (κ2) is 7.75. The number of hydrogen-bond donors (Lipinski definition) is 1. The van der Waals surface area contributed by atoms with E-state index >= 15 is 0 Å². The number of carbonyl (C=O) groups excluding carboxylic acids is 2. The molecule has 2 heterocycles. The molecule has 1 unspecified atom stereocenters. The summed E-state index contributed by atoms with van der Waals surface area (Å²) in [6.07, 6.45) is 1.12. The molecule has 0 radical (unpaired) electrons. The summed E-state index contributed by atoms with van der Waals surface area (Å²) in [7, 11) is 0. The van der Waals surface area contributed by atoms with Crippen molar-refractivity contribution in [3.05, 3.63) is 69.3 Å². The summed E-state index contributed by atoms with van der Waals surface area (Å²) in [4.78, 5) is 38.2. The number of amides is 3. The van der Waals surface area contributed by atoms with Gasteiger partial charge < -0.3 is 14.8 Å². The van der Waals surface area contributed by atoms with Gasteiger partial charge in [-0.1, -0.05) is 43.7 Å². The van der Waals surface area contributed by atoms with Gasteiger partial charge in [0.25, 0.3) is 11.6 Å². The third kappa shape index (κ3) is 3.26. The Morgan fingerprint density at radius 2 is 2.00 bits per heavy atom. The second-order valence-corrected chi connectivity index (χ2v) is 7.30. The van der Waals surface area contributed by atoms with Crippen LogP contribution in [0, 0.1) is 10.1 Å². The number of nitro benzene ring substituents is 1. The molecule has 2 aromatic rings. The van der Waals surface area contributed by atoms with Crippen molar-refractivity contribution < 1.29 is 24.0 Å². The number of hydrogen-bond acceptors (Lipinski definition) is 6. The molecule has 1 N–H and O–H groups in total. The summed E-state index contributed by atoms with van der Waals surface area (Å²) in [5, 5.41) is 14.2. The predicted octanol–water partition coefficient (Wildman–Crippen LogP) is 3.21. The smallest absolute Gasteiger partial charge is 0.325 e. The van der Waals surface area contributed by atoms with Gasteiger partial charge >= 0.3 is 6.03 Å². The number of nitro groups is 1. The molecule has 2 aliphatic rings. The zero-order chi connectivity index (χ0) is 21.3. The van der Waals surface area contributed by atoms with Crippen molar-refractivity contribution in [2.24, 2.45) is 0 Å². The molecule has 9 nitrogen and oxygen atoms in total. The third-order valence-corrected chi connectivity index (χ3v) is 5.38. The van der Waals surface area contributed by atoms with Crippen LogP contribution in [0.3, 0.4) is 0 Å². The number of imide groups is 1. The van der Waals surface area contributed by atoms with Crippen molar-refractivity contribution in [2.75, 3.05) is 6.79 Å². The number of benzene rings is 2. The number of fused-ring (bicyclic) bond motifs is 1. The van der Waals surface area contributed by atoms with Crippen LogP contribution < -0.4 is 10.1 Å². The zero-order valence-electron chi connectivity index (χ0n) is 16.4. The summed E-state index contributed by atoms with van der Waals surface area (Å²) in [5.74, 6) is 0.0352. The Labute approximate surface area is 172 Å². The van der Waals surface area contributed by atoms with Crippen LogP contribution >= 0.6 is 0 Å². The van der Waals surface area contributed by atoms with Crippen molar-refractivity contribution in [1.29, 1.82) is 0 Å². The average Bonchev–Trinajstić information content (AvgIpc) is 2.99. The monoisotopic (exact) mass is 411 g/mol. The lowest BCUT2D eigenvalue weighted by Crippen LogP contribution is -2.43. The van der Waals surface area contributed by atoms with E-state index in [-0.39, 0.29) is 31.5 Å². The van der Waals surface area contributed by atoms with E-state index in [4.69, 9.17) is 9.47 Å². The largest absolute Gasteiger partial charge is 0.467 e. The van der Waals surface area contributed by atoms with Crippen LogP contribution in [-0.4, -0.2) is 28.6 Å². The van der Waals surface area contributed by atoms with Crippen LogP contribution in [0.25, 0.3) is 0 Å². The molecular formula is C21H21N3O6. The van der Waals surface area contributed by atoms with Crippen LogP contribution in [0.5, 0.6) is 5.75 Å². The number of non-ortho nitro benzene ring substituents is 1. The fourth-order valence-corrected chi connectivity index (χ4v) is 4.05. The van der Waals surface area contributed by atoms with Crippen LogP contribution in [-0.2, 0) is 28.2 Å². The fraction of sp³-hybridized carbons (Fsp3) is 0.333. The molecule has 1 atom stereocenters. The molecule has 0 aromatic heterocycles. The summed E-state index contributed by atoms with van der Waals surface area (Å²) in [6.45, 7) is 1.97. The maximum atomic E-state index is 13.5. The number of rotatable bonds is 6. The highest BCUT2D eigenvalue weighted by molar-refractivity contribution is 6.07. The SMILES string of the molecule is CCCC1(c2ccccc2)NC(=O)N(Cc2cc([N+](=O)[O-])cc3c2OCOC3)C1=O. The zero-order valence-corrected chi connectivity index (χ0v) is 16.4. The summed E-state index contributed by atoms with van der Waals surface area (Å²) in [6, 6.07) is 11.3. The van der Waals surface area contributed by atoms with Crippen molar-refractivity contribution in [3.63, 3.8) is 0 Å². The first-order chi connectivity index (χ1) is 14.5. The van der Waals surface area contributed by atoms with Gasteiger partial charge in [0.05, 0.1) is 18.1 Å². The molecule has 30 heavy (non-hydrogen) atoms. The number of nitrogens with zero attached hydrogens (tertiary/aromatic N) is 2. The first-order valence-corrected chi connectivity index (χ1v) is 9.66. The van der Waals surface area contributed by atoms with Crippen molar-refractivity contribution in [1.82, 2.24) is 10.2 Å². The van der Waals surface area contributed by atoms with Crippen LogP contribution in [0.1, 0.15) is 36.5 Å². The molecule has 0 aliphatic carbocycles. The Hall–Kier alpha value is -3.46. The molecule has 156 valence electrons. The van der Waals surface area contributed by atoms with Gasteiger partial charge in [0, 0.05) is 23.3 Å². The molecule has 0 saturated carbocycles. The lowest BCUT2D eigenvalue weighted by Gasteiger charge is -2.27. The lowest BCUT2D eigenvalue weighted by atomic mass is 9.85. The van der Waals surface area contributed by atoms with E-state index in [1.807, 2.05) is 37.3 Å². The van der Waals surface area contributed by atoms with E-state index in [1.165, 1.54) is 12.1 Å². The maximum absolute atomic E-state index is 13.5. The Bertz CT molecular complexity index is 1010. The van der Waals surface area contributed by atoms with Gasteiger partial charge in [-0.05, 0) is 12.0 Å². The van der Waals surface area contributed by atoms with Crippen molar-refractivity contribution in [2.45, 2.75) is 38.5 Å².